The van der Waals surface area contributed by atoms with Gasteiger partial charge in [-0.25, -0.2) is 4.79 Å². The molecule has 1 saturated heterocycles. The zero-order valence-corrected chi connectivity index (χ0v) is 15.7. The molecular formula is C20H23NO6. The van der Waals surface area contributed by atoms with Crippen LogP contribution in [0.4, 0.5) is 0 Å². The van der Waals surface area contributed by atoms with E-state index in [1.165, 1.54) is 0 Å². The molecule has 1 amide bonds. The first-order valence-corrected chi connectivity index (χ1v) is 8.77. The third-order valence-corrected chi connectivity index (χ3v) is 4.53. The number of carbonyl (C=O) groups excluding carboxylic acids is 1. The first-order valence-electron chi connectivity index (χ1n) is 8.77. The van der Waals surface area contributed by atoms with Crippen molar-refractivity contribution in [2.45, 2.75) is 26.8 Å². The van der Waals surface area contributed by atoms with Crippen LogP contribution in [0.1, 0.15) is 39.0 Å². The third-order valence-electron chi connectivity index (χ3n) is 4.53. The molecule has 0 bridgehead atoms. The summed E-state index contributed by atoms with van der Waals surface area (Å²) in [7, 11) is 0. The van der Waals surface area contributed by atoms with Gasteiger partial charge in [0, 0.05) is 12.1 Å². The fourth-order valence-electron chi connectivity index (χ4n) is 3.32. The Balaban J connectivity index is 1.86. The van der Waals surface area contributed by atoms with Crippen LogP contribution in [0.2, 0.25) is 0 Å². The van der Waals surface area contributed by atoms with E-state index < -0.39 is 12.6 Å². The molecule has 27 heavy (non-hydrogen) atoms. The van der Waals surface area contributed by atoms with Crippen LogP contribution < -0.4 is 4.74 Å². The zero-order chi connectivity index (χ0) is 19.6. The second kappa shape index (κ2) is 7.84. The molecule has 0 saturated carbocycles. The van der Waals surface area contributed by atoms with Crippen LogP contribution in [-0.4, -0.2) is 48.2 Å². The van der Waals surface area contributed by atoms with Crippen molar-refractivity contribution >= 4 is 11.9 Å². The van der Waals surface area contributed by atoms with Crippen molar-refractivity contribution in [3.05, 3.63) is 52.5 Å². The Labute approximate surface area is 157 Å². The van der Waals surface area contributed by atoms with E-state index in [-0.39, 0.29) is 11.9 Å². The summed E-state index contributed by atoms with van der Waals surface area (Å²) >= 11 is 0. The highest BCUT2D eigenvalue weighted by Crippen LogP contribution is 2.30. The number of carbonyl (C=O) groups is 2. The lowest BCUT2D eigenvalue weighted by Gasteiger charge is -2.34. The first kappa shape index (κ1) is 19.0. The maximum atomic E-state index is 13.2. The predicted molar refractivity (Wildman–Crippen MR) is 97.1 cm³/mol. The quantitative estimate of drug-likeness (QED) is 0.867. The summed E-state index contributed by atoms with van der Waals surface area (Å²) in [5.74, 6) is 0.825. The Hall–Kier alpha value is -2.80. The maximum Gasteiger partial charge on any atom is 0.341 e. The molecule has 1 aromatic carbocycles. The molecule has 1 aromatic heterocycles. The molecule has 2 aromatic rings. The van der Waals surface area contributed by atoms with Crippen LogP contribution in [0, 0.1) is 20.8 Å². The van der Waals surface area contributed by atoms with Crippen LogP contribution in [0.25, 0.3) is 0 Å². The second-order valence-corrected chi connectivity index (χ2v) is 6.66. The Bertz CT molecular complexity index is 833. The minimum Gasteiger partial charge on any atom is -0.481 e. The Morgan fingerprint density at radius 3 is 2.52 bits per heavy atom. The van der Waals surface area contributed by atoms with E-state index in [1.807, 2.05) is 19.1 Å². The van der Waals surface area contributed by atoms with Gasteiger partial charge in [-0.05, 0) is 56.2 Å². The van der Waals surface area contributed by atoms with Crippen molar-refractivity contribution in [2.24, 2.45) is 0 Å². The lowest BCUT2D eigenvalue weighted by molar-refractivity contribution is -0.139. The number of ether oxygens (including phenoxy) is 2. The number of benzene rings is 1. The summed E-state index contributed by atoms with van der Waals surface area (Å²) in [6.07, 6.45) is 0. The van der Waals surface area contributed by atoms with Crippen molar-refractivity contribution in [1.29, 1.82) is 0 Å². The molecule has 7 heteroatoms. The van der Waals surface area contributed by atoms with Crippen LogP contribution in [-0.2, 0) is 9.53 Å². The molecule has 144 valence electrons. The first-order chi connectivity index (χ1) is 12.9. The number of aliphatic carboxylic acids is 1. The minimum absolute atomic E-state index is 0.117. The maximum absolute atomic E-state index is 13.2. The molecule has 2 heterocycles. The SMILES string of the molecule is Cc1ccc(C2COCCN2C(=O)c2cc(C)c(OCC(=O)O)c(C)c2)o1. The van der Waals surface area contributed by atoms with E-state index in [9.17, 15) is 9.59 Å². The smallest absolute Gasteiger partial charge is 0.341 e. The number of hydrogen-bond donors (Lipinski definition) is 1. The Morgan fingerprint density at radius 2 is 1.93 bits per heavy atom. The Morgan fingerprint density at radius 1 is 1.22 bits per heavy atom. The van der Waals surface area contributed by atoms with Gasteiger partial charge in [-0.3, -0.25) is 4.79 Å². The largest absolute Gasteiger partial charge is 0.481 e. The number of hydrogen-bond acceptors (Lipinski definition) is 5. The van der Waals surface area contributed by atoms with Gasteiger partial charge in [0.2, 0.25) is 0 Å². The zero-order valence-electron chi connectivity index (χ0n) is 15.7. The molecule has 7 nitrogen and oxygen atoms in total. The van der Waals surface area contributed by atoms with Gasteiger partial charge < -0.3 is 23.9 Å². The summed E-state index contributed by atoms with van der Waals surface area (Å²) in [6, 6.07) is 6.92. The molecule has 1 fully saturated rings. The van der Waals surface area contributed by atoms with Crippen molar-refractivity contribution in [3.8, 4) is 5.75 Å². The molecule has 3 rings (SSSR count). The van der Waals surface area contributed by atoms with E-state index in [0.29, 0.717) is 36.8 Å². The lowest BCUT2D eigenvalue weighted by atomic mass is 10.0. The summed E-state index contributed by atoms with van der Waals surface area (Å²) in [4.78, 5) is 25.7. The van der Waals surface area contributed by atoms with Gasteiger partial charge in [0.15, 0.2) is 6.61 Å². The highest BCUT2D eigenvalue weighted by molar-refractivity contribution is 5.95. The van der Waals surface area contributed by atoms with Crippen molar-refractivity contribution < 1.29 is 28.6 Å². The molecule has 1 aliphatic rings. The Kier molecular flexibility index (Phi) is 5.51. The molecule has 1 aliphatic heterocycles. The molecule has 1 unspecified atom stereocenters. The van der Waals surface area contributed by atoms with Crippen LogP contribution >= 0.6 is 0 Å². The molecule has 0 spiro atoms. The molecule has 0 radical (unpaired) electrons. The van der Waals surface area contributed by atoms with Crippen molar-refractivity contribution in [2.75, 3.05) is 26.4 Å². The normalized spacial score (nSPS) is 17.0. The summed E-state index contributed by atoms with van der Waals surface area (Å²) in [5.41, 5.74) is 1.97. The molecule has 0 aliphatic carbocycles. The number of carboxylic acids is 1. The standard InChI is InChI=1S/C20H23NO6/c1-12-8-15(9-13(2)19(12)26-11-18(22)23)20(24)21-6-7-25-10-16(21)17-5-4-14(3)27-17/h4-5,8-9,16H,6-7,10-11H2,1-3H3,(H,22,23). The van der Waals surface area contributed by atoms with Crippen molar-refractivity contribution in [3.63, 3.8) is 0 Å². The van der Waals surface area contributed by atoms with Crippen LogP contribution in [0.3, 0.4) is 0 Å². The van der Waals surface area contributed by atoms with Gasteiger partial charge in [-0.2, -0.15) is 0 Å². The van der Waals surface area contributed by atoms with Gasteiger partial charge >= 0.3 is 5.97 Å². The number of furan rings is 1. The fraction of sp³-hybridized carbons (Fsp3) is 0.400. The van der Waals surface area contributed by atoms with E-state index in [4.69, 9.17) is 19.0 Å². The lowest BCUT2D eigenvalue weighted by Crippen LogP contribution is -2.43. The van der Waals surface area contributed by atoms with Crippen molar-refractivity contribution in [1.82, 2.24) is 4.90 Å². The van der Waals surface area contributed by atoms with E-state index in [1.54, 1.807) is 30.9 Å². The number of morpholine rings is 1. The average Bonchev–Trinajstić information content (AvgIpc) is 3.06. The summed E-state index contributed by atoms with van der Waals surface area (Å²) in [6.45, 7) is 6.37. The van der Waals surface area contributed by atoms with Gasteiger partial charge in [0.05, 0.1) is 13.2 Å². The van der Waals surface area contributed by atoms with Gasteiger partial charge in [0.1, 0.15) is 23.3 Å². The average molecular weight is 373 g/mol. The number of amides is 1. The number of rotatable bonds is 5. The summed E-state index contributed by atoms with van der Waals surface area (Å²) in [5, 5.41) is 8.80. The predicted octanol–water partition coefficient (Wildman–Crippen LogP) is 2.88. The van der Waals surface area contributed by atoms with Crippen LogP contribution in [0.15, 0.2) is 28.7 Å². The van der Waals surface area contributed by atoms with E-state index in [0.717, 1.165) is 16.9 Å². The molecule has 1 N–H and O–H groups in total. The monoisotopic (exact) mass is 373 g/mol. The highest BCUT2D eigenvalue weighted by atomic mass is 16.5. The number of aryl methyl sites for hydroxylation is 3. The van der Waals surface area contributed by atoms with Gasteiger partial charge in [0.25, 0.3) is 5.91 Å². The number of carboxylic acid groups (broad SMARTS) is 1. The van der Waals surface area contributed by atoms with Gasteiger partial charge in [-0.15, -0.1) is 0 Å². The summed E-state index contributed by atoms with van der Waals surface area (Å²) < 4.78 is 16.6. The van der Waals surface area contributed by atoms with E-state index in [2.05, 4.69) is 0 Å². The second-order valence-electron chi connectivity index (χ2n) is 6.66. The molecule has 1 atom stereocenters. The van der Waals surface area contributed by atoms with Gasteiger partial charge in [-0.1, -0.05) is 0 Å². The highest BCUT2D eigenvalue weighted by Gasteiger charge is 2.31. The van der Waals surface area contributed by atoms with Crippen LogP contribution in [0.5, 0.6) is 5.75 Å². The van der Waals surface area contributed by atoms with E-state index >= 15 is 0 Å². The topological polar surface area (TPSA) is 89.2 Å². The minimum atomic E-state index is -1.04. The molecular weight excluding hydrogens is 350 g/mol. The third kappa shape index (κ3) is 4.14. The number of nitrogens with zero attached hydrogens (tertiary/aromatic N) is 1. The fourth-order valence-corrected chi connectivity index (χ4v) is 3.32.